The molecule has 0 fully saturated rings. The minimum atomic E-state index is 0.374. The largest absolute Gasteiger partial charge is 0.508 e. The number of hydrogen-bond acceptors (Lipinski definition) is 3. The standard InChI is InChI=1S/C23H27N3O/c1-2-15-25(16-18-9-6-7-14-23(18)27)17-21-20-12-8-13-22(20)26(24-21)19-10-4-3-5-11-19/h3-7,9-11,14,27H,2,8,12-13,15-17H2,1H3. The fraction of sp³-hybridized carbons (Fsp3) is 0.348. The van der Waals surface area contributed by atoms with Crippen molar-refractivity contribution in [1.29, 1.82) is 0 Å². The van der Waals surface area contributed by atoms with E-state index in [1.54, 1.807) is 6.07 Å². The molecular formula is C23H27N3O. The van der Waals surface area contributed by atoms with Crippen molar-refractivity contribution in [2.24, 2.45) is 0 Å². The summed E-state index contributed by atoms with van der Waals surface area (Å²) in [6.07, 6.45) is 4.51. The quantitative estimate of drug-likeness (QED) is 0.675. The first-order valence-electron chi connectivity index (χ1n) is 9.90. The van der Waals surface area contributed by atoms with Gasteiger partial charge in [-0.2, -0.15) is 5.10 Å². The Morgan fingerprint density at radius 1 is 1.00 bits per heavy atom. The molecule has 0 spiro atoms. The average molecular weight is 361 g/mol. The summed E-state index contributed by atoms with van der Waals surface area (Å²) in [4.78, 5) is 2.39. The molecule has 1 aromatic heterocycles. The van der Waals surface area contributed by atoms with E-state index < -0.39 is 0 Å². The first kappa shape index (κ1) is 17.8. The monoisotopic (exact) mass is 361 g/mol. The van der Waals surface area contributed by atoms with Gasteiger partial charge in [0.25, 0.3) is 0 Å². The smallest absolute Gasteiger partial charge is 0.120 e. The lowest BCUT2D eigenvalue weighted by Gasteiger charge is -2.21. The van der Waals surface area contributed by atoms with Crippen molar-refractivity contribution in [2.45, 2.75) is 45.7 Å². The third-order valence-electron chi connectivity index (χ3n) is 5.31. The highest BCUT2D eigenvalue weighted by molar-refractivity contribution is 5.40. The summed E-state index contributed by atoms with van der Waals surface area (Å²) in [5.41, 5.74) is 6.11. The Labute approximate surface area is 161 Å². The van der Waals surface area contributed by atoms with Crippen molar-refractivity contribution in [2.75, 3.05) is 6.54 Å². The Bertz CT molecular complexity index is 901. The van der Waals surface area contributed by atoms with Crippen LogP contribution in [0.2, 0.25) is 0 Å². The van der Waals surface area contributed by atoms with E-state index in [1.165, 1.54) is 23.4 Å². The van der Waals surface area contributed by atoms with E-state index >= 15 is 0 Å². The fourth-order valence-corrected chi connectivity index (χ4v) is 4.05. The Morgan fingerprint density at radius 2 is 1.78 bits per heavy atom. The van der Waals surface area contributed by atoms with Gasteiger partial charge in [0.15, 0.2) is 0 Å². The third kappa shape index (κ3) is 3.76. The second-order valence-electron chi connectivity index (χ2n) is 7.31. The van der Waals surface area contributed by atoms with Crippen LogP contribution in [-0.4, -0.2) is 26.3 Å². The van der Waals surface area contributed by atoms with Gasteiger partial charge in [-0.05, 0) is 56.0 Å². The zero-order valence-corrected chi connectivity index (χ0v) is 15.9. The maximum atomic E-state index is 10.2. The van der Waals surface area contributed by atoms with Crippen LogP contribution in [0.1, 0.15) is 42.3 Å². The molecule has 140 valence electrons. The van der Waals surface area contributed by atoms with Gasteiger partial charge < -0.3 is 5.11 Å². The average Bonchev–Trinajstić information content (AvgIpc) is 3.28. The van der Waals surface area contributed by atoms with Gasteiger partial charge >= 0.3 is 0 Å². The topological polar surface area (TPSA) is 41.3 Å². The third-order valence-corrected chi connectivity index (χ3v) is 5.31. The number of phenolic OH excluding ortho intramolecular Hbond substituents is 1. The number of benzene rings is 2. The Balaban J connectivity index is 1.61. The molecule has 0 atom stereocenters. The van der Waals surface area contributed by atoms with E-state index in [0.717, 1.165) is 50.1 Å². The van der Waals surface area contributed by atoms with Crippen LogP contribution >= 0.6 is 0 Å². The molecule has 0 saturated heterocycles. The van der Waals surface area contributed by atoms with Crippen LogP contribution in [0.3, 0.4) is 0 Å². The molecule has 4 rings (SSSR count). The zero-order valence-electron chi connectivity index (χ0n) is 15.9. The van der Waals surface area contributed by atoms with Crippen LogP contribution in [0.4, 0.5) is 0 Å². The minimum Gasteiger partial charge on any atom is -0.508 e. The molecule has 3 aromatic rings. The van der Waals surface area contributed by atoms with Gasteiger partial charge in [0.2, 0.25) is 0 Å². The second-order valence-corrected chi connectivity index (χ2v) is 7.31. The molecule has 4 nitrogen and oxygen atoms in total. The van der Waals surface area contributed by atoms with E-state index in [9.17, 15) is 5.11 Å². The molecule has 1 aliphatic carbocycles. The SMILES string of the molecule is CCCN(Cc1ccccc1O)Cc1nn(-c2ccccc2)c2c1CCC2. The molecule has 0 unspecified atom stereocenters. The summed E-state index contributed by atoms with van der Waals surface area (Å²) < 4.78 is 2.14. The van der Waals surface area contributed by atoms with Crippen molar-refractivity contribution in [3.05, 3.63) is 77.1 Å². The van der Waals surface area contributed by atoms with Crippen molar-refractivity contribution in [3.63, 3.8) is 0 Å². The Hall–Kier alpha value is -2.59. The molecule has 2 aromatic carbocycles. The van der Waals surface area contributed by atoms with E-state index in [1.807, 2.05) is 24.3 Å². The molecule has 1 N–H and O–H groups in total. The van der Waals surface area contributed by atoms with E-state index in [-0.39, 0.29) is 0 Å². The molecule has 0 saturated carbocycles. The maximum absolute atomic E-state index is 10.2. The van der Waals surface area contributed by atoms with Crippen LogP contribution in [0.25, 0.3) is 5.69 Å². The summed E-state index contributed by atoms with van der Waals surface area (Å²) in [6, 6.07) is 18.1. The number of hydrogen-bond donors (Lipinski definition) is 1. The minimum absolute atomic E-state index is 0.374. The van der Waals surface area contributed by atoms with Crippen molar-refractivity contribution < 1.29 is 5.11 Å². The number of nitrogens with zero attached hydrogens (tertiary/aromatic N) is 3. The van der Waals surface area contributed by atoms with Crippen LogP contribution in [0.15, 0.2) is 54.6 Å². The van der Waals surface area contributed by atoms with Crippen LogP contribution in [-0.2, 0) is 25.9 Å². The van der Waals surface area contributed by atoms with Crippen LogP contribution in [0, 0.1) is 0 Å². The predicted molar refractivity (Wildman–Crippen MR) is 108 cm³/mol. The molecule has 27 heavy (non-hydrogen) atoms. The van der Waals surface area contributed by atoms with Crippen molar-refractivity contribution in [3.8, 4) is 11.4 Å². The molecule has 4 heteroatoms. The number of aromatic hydroxyl groups is 1. The predicted octanol–water partition coefficient (Wildman–Crippen LogP) is 4.48. The lowest BCUT2D eigenvalue weighted by molar-refractivity contribution is 0.249. The normalized spacial score (nSPS) is 13.3. The second kappa shape index (κ2) is 7.97. The van der Waals surface area contributed by atoms with Crippen molar-refractivity contribution >= 4 is 0 Å². The number of phenols is 1. The van der Waals surface area contributed by atoms with Crippen LogP contribution < -0.4 is 0 Å². The summed E-state index contributed by atoms with van der Waals surface area (Å²) >= 11 is 0. The lowest BCUT2D eigenvalue weighted by atomic mass is 10.1. The fourth-order valence-electron chi connectivity index (χ4n) is 4.05. The molecule has 0 aliphatic heterocycles. The highest BCUT2D eigenvalue weighted by Gasteiger charge is 2.24. The number of para-hydroxylation sites is 2. The van der Waals surface area contributed by atoms with E-state index in [2.05, 4.69) is 40.8 Å². The Morgan fingerprint density at radius 3 is 2.56 bits per heavy atom. The summed E-state index contributed by atoms with van der Waals surface area (Å²) in [5.74, 6) is 0.374. The Kier molecular flexibility index (Phi) is 5.26. The van der Waals surface area contributed by atoms with Gasteiger partial charge in [0.1, 0.15) is 5.75 Å². The first-order valence-corrected chi connectivity index (χ1v) is 9.90. The van der Waals surface area contributed by atoms with Gasteiger partial charge in [-0.25, -0.2) is 4.68 Å². The highest BCUT2D eigenvalue weighted by atomic mass is 16.3. The van der Waals surface area contributed by atoms with Crippen molar-refractivity contribution in [1.82, 2.24) is 14.7 Å². The molecule has 0 bridgehead atoms. The van der Waals surface area contributed by atoms with Gasteiger partial charge in [-0.1, -0.05) is 43.3 Å². The molecule has 0 amide bonds. The van der Waals surface area contributed by atoms with Gasteiger partial charge in [0, 0.05) is 24.3 Å². The number of aromatic nitrogens is 2. The number of rotatable bonds is 7. The summed E-state index contributed by atoms with van der Waals surface area (Å²) in [7, 11) is 0. The van der Waals surface area contributed by atoms with E-state index in [0.29, 0.717) is 5.75 Å². The van der Waals surface area contributed by atoms with Gasteiger partial charge in [-0.3, -0.25) is 4.90 Å². The molecule has 1 heterocycles. The summed E-state index contributed by atoms with van der Waals surface area (Å²) in [6.45, 7) is 4.75. The molecule has 1 aliphatic rings. The maximum Gasteiger partial charge on any atom is 0.120 e. The first-order chi connectivity index (χ1) is 13.3. The molecule has 0 radical (unpaired) electrons. The van der Waals surface area contributed by atoms with E-state index in [4.69, 9.17) is 5.10 Å². The van der Waals surface area contributed by atoms with Gasteiger partial charge in [0.05, 0.1) is 11.4 Å². The summed E-state index contributed by atoms with van der Waals surface area (Å²) in [5, 5.41) is 15.2. The van der Waals surface area contributed by atoms with Crippen LogP contribution in [0.5, 0.6) is 5.75 Å². The zero-order chi connectivity index (χ0) is 18.6. The number of fused-ring (bicyclic) bond motifs is 1. The lowest BCUT2D eigenvalue weighted by Crippen LogP contribution is -2.24. The van der Waals surface area contributed by atoms with Gasteiger partial charge in [-0.15, -0.1) is 0 Å². The molecular weight excluding hydrogens is 334 g/mol. The highest BCUT2D eigenvalue weighted by Crippen LogP contribution is 2.29.